The zero-order chi connectivity index (χ0) is 31.7. The smallest absolute Gasteiger partial charge is 0.338 e. The zero-order valence-corrected chi connectivity index (χ0v) is 26.1. The van der Waals surface area contributed by atoms with Crippen LogP contribution in [0.2, 0.25) is 0 Å². The van der Waals surface area contributed by atoms with Crippen molar-refractivity contribution in [2.24, 2.45) is 4.99 Å². The minimum Gasteiger partial charge on any atom is -0.463 e. The number of thiazole rings is 1. The maximum Gasteiger partial charge on any atom is 0.338 e. The molecule has 0 amide bonds. The van der Waals surface area contributed by atoms with Crippen molar-refractivity contribution in [3.63, 3.8) is 0 Å². The quantitative estimate of drug-likeness (QED) is 0.133. The van der Waals surface area contributed by atoms with E-state index in [-0.39, 0.29) is 28.0 Å². The molecule has 0 bridgehead atoms. The van der Waals surface area contributed by atoms with Gasteiger partial charge in [-0.15, -0.1) is 0 Å². The lowest BCUT2D eigenvalue weighted by atomic mass is 9.95. The highest BCUT2D eigenvalue weighted by atomic mass is 32.2. The number of nitro groups is 1. The van der Waals surface area contributed by atoms with Gasteiger partial charge in [0.15, 0.2) is 9.96 Å². The lowest BCUT2D eigenvalue weighted by Crippen LogP contribution is -2.40. The molecule has 4 aromatic rings. The zero-order valence-electron chi connectivity index (χ0n) is 24.5. The van der Waals surface area contributed by atoms with E-state index >= 15 is 0 Å². The fourth-order valence-corrected chi connectivity index (χ4v) is 6.72. The molecule has 2 aromatic heterocycles. The Morgan fingerprint density at radius 3 is 2.55 bits per heavy atom. The molecule has 0 fully saturated rings. The molecular weight excluding hydrogens is 605 g/mol. The third-order valence-corrected chi connectivity index (χ3v) is 8.75. The number of allylic oxidation sites excluding steroid dienone is 1. The summed E-state index contributed by atoms with van der Waals surface area (Å²) < 4.78 is 7.08. The molecule has 0 radical (unpaired) electrons. The van der Waals surface area contributed by atoms with Gasteiger partial charge in [0.05, 0.1) is 33.4 Å². The van der Waals surface area contributed by atoms with Gasteiger partial charge in [0.2, 0.25) is 0 Å². The highest BCUT2D eigenvalue weighted by Gasteiger charge is 2.33. The molecule has 0 saturated heterocycles. The molecule has 5 rings (SSSR count). The van der Waals surface area contributed by atoms with Crippen LogP contribution in [0.5, 0.6) is 0 Å². The number of carbonyl (C=O) groups excluding carboxylic acids is 1. The van der Waals surface area contributed by atoms with Crippen molar-refractivity contribution < 1.29 is 14.5 Å². The number of hydrogen-bond acceptors (Lipinski definition) is 11. The number of H-pyrrole nitrogens is 1. The summed E-state index contributed by atoms with van der Waals surface area (Å²) in [5.41, 5.74) is 2.30. The molecule has 12 nitrogen and oxygen atoms in total. The summed E-state index contributed by atoms with van der Waals surface area (Å²) in [5, 5.41) is 11.9. The fourth-order valence-electron chi connectivity index (χ4n) is 4.76. The van der Waals surface area contributed by atoms with Crippen LogP contribution in [0.3, 0.4) is 0 Å². The van der Waals surface area contributed by atoms with Crippen molar-refractivity contribution >= 4 is 46.5 Å². The van der Waals surface area contributed by atoms with Gasteiger partial charge in [0.25, 0.3) is 16.8 Å². The van der Waals surface area contributed by atoms with Gasteiger partial charge in [0.1, 0.15) is 0 Å². The molecule has 0 spiro atoms. The van der Waals surface area contributed by atoms with E-state index in [0.29, 0.717) is 37.4 Å². The van der Waals surface area contributed by atoms with E-state index < -0.39 is 22.5 Å². The number of rotatable bonds is 8. The van der Waals surface area contributed by atoms with Crippen LogP contribution in [0.15, 0.2) is 84.4 Å². The number of aromatic amines is 1. The Morgan fingerprint density at radius 1 is 1.18 bits per heavy atom. The summed E-state index contributed by atoms with van der Waals surface area (Å²) in [6.07, 6.45) is 1.56. The molecule has 3 heterocycles. The van der Waals surface area contributed by atoms with E-state index in [1.807, 2.05) is 43.3 Å². The number of carbonyl (C=O) groups is 1. The van der Waals surface area contributed by atoms with E-state index in [4.69, 9.17) is 4.74 Å². The Kier molecular flexibility index (Phi) is 8.65. The first-order valence-corrected chi connectivity index (χ1v) is 15.1. The van der Waals surface area contributed by atoms with Crippen LogP contribution in [0, 0.1) is 17.0 Å². The highest BCUT2D eigenvalue weighted by molar-refractivity contribution is 7.99. The molecule has 0 saturated carbocycles. The summed E-state index contributed by atoms with van der Waals surface area (Å²) in [5.74, 6) is -0.568. The number of nitro benzene ring substituents is 1. The van der Waals surface area contributed by atoms with Gasteiger partial charge in [0, 0.05) is 48.6 Å². The van der Waals surface area contributed by atoms with Crippen molar-refractivity contribution in [1.82, 2.24) is 14.5 Å². The van der Waals surface area contributed by atoms with Crippen LogP contribution >= 0.6 is 23.1 Å². The normalized spacial score (nSPS) is 14.7. The second kappa shape index (κ2) is 12.4. The number of fused-ring (bicyclic) bond motifs is 1. The SMILES string of the molecule is CCOC(=O)C1=C(C)N=c2s/c(=C/c3cc([N+](=O)[O-])ccc3Sc3nc(C)cc(=O)[nH]3)c(=O)n2[C@H]1c1ccc(N(C)C)cc1. The molecule has 0 unspecified atom stereocenters. The van der Waals surface area contributed by atoms with Gasteiger partial charge in [-0.3, -0.25) is 24.3 Å². The molecule has 1 aliphatic rings. The first-order valence-electron chi connectivity index (χ1n) is 13.5. The van der Waals surface area contributed by atoms with Gasteiger partial charge in [-0.2, -0.15) is 0 Å². The summed E-state index contributed by atoms with van der Waals surface area (Å²) in [7, 11) is 3.83. The summed E-state index contributed by atoms with van der Waals surface area (Å²) >= 11 is 2.22. The van der Waals surface area contributed by atoms with Crippen LogP contribution < -0.4 is 25.4 Å². The Bertz CT molecular complexity index is 2060. The largest absolute Gasteiger partial charge is 0.463 e. The predicted molar refractivity (Wildman–Crippen MR) is 168 cm³/mol. The number of non-ortho nitro benzene ring substituents is 1. The van der Waals surface area contributed by atoms with Crippen molar-refractivity contribution in [2.75, 3.05) is 25.6 Å². The number of esters is 1. The Hall–Kier alpha value is -4.82. The molecule has 226 valence electrons. The predicted octanol–water partition coefficient (Wildman–Crippen LogP) is 3.32. The lowest BCUT2D eigenvalue weighted by Gasteiger charge is -2.25. The highest BCUT2D eigenvalue weighted by Crippen LogP contribution is 2.33. The van der Waals surface area contributed by atoms with E-state index in [9.17, 15) is 24.5 Å². The summed E-state index contributed by atoms with van der Waals surface area (Å²) in [4.78, 5) is 64.9. The van der Waals surface area contributed by atoms with Crippen LogP contribution in [-0.4, -0.2) is 46.1 Å². The molecule has 2 aromatic carbocycles. The second-order valence-electron chi connectivity index (χ2n) is 10.1. The molecule has 1 aliphatic heterocycles. The van der Waals surface area contributed by atoms with Crippen LogP contribution in [0.1, 0.15) is 36.7 Å². The van der Waals surface area contributed by atoms with E-state index in [1.54, 1.807) is 32.9 Å². The van der Waals surface area contributed by atoms with Crippen LogP contribution in [0.4, 0.5) is 11.4 Å². The topological polar surface area (TPSA) is 153 Å². The Balaban J connectivity index is 1.70. The molecule has 1 N–H and O–H groups in total. The number of aromatic nitrogens is 3. The number of anilines is 1. The Morgan fingerprint density at radius 2 is 1.91 bits per heavy atom. The molecule has 1 atom stereocenters. The molecule has 14 heteroatoms. The van der Waals surface area contributed by atoms with Crippen molar-refractivity contribution in [3.8, 4) is 0 Å². The van der Waals surface area contributed by atoms with Gasteiger partial charge >= 0.3 is 5.97 Å². The van der Waals surface area contributed by atoms with Crippen molar-refractivity contribution in [3.05, 3.63) is 117 Å². The third kappa shape index (κ3) is 6.12. The van der Waals surface area contributed by atoms with Gasteiger partial charge in [-0.05, 0) is 56.2 Å². The average molecular weight is 633 g/mol. The maximum absolute atomic E-state index is 14.1. The standard InChI is InChI=1S/C30H28N6O6S2/c1-6-42-28(39)25-17(3)32-30-35(26(25)18-7-9-20(10-8-18)34(4)5)27(38)23(44-30)15-19-14-21(36(40)41)11-12-22(19)43-29-31-16(2)13-24(37)33-29/h7-15,26H,6H2,1-5H3,(H,31,33,37)/b23-15+/t26-/m0/s1. The summed E-state index contributed by atoms with van der Waals surface area (Å²) in [6, 6.07) is 12.3. The van der Waals surface area contributed by atoms with Crippen LogP contribution in [-0.2, 0) is 9.53 Å². The van der Waals surface area contributed by atoms with Gasteiger partial charge in [-0.25, -0.2) is 14.8 Å². The number of hydrogen-bond donors (Lipinski definition) is 1. The summed E-state index contributed by atoms with van der Waals surface area (Å²) in [6.45, 7) is 5.25. The molecular formula is C30H28N6O6S2. The number of nitrogens with zero attached hydrogens (tertiary/aromatic N) is 5. The maximum atomic E-state index is 14.1. The monoisotopic (exact) mass is 632 g/mol. The van der Waals surface area contributed by atoms with E-state index in [2.05, 4.69) is 15.0 Å². The number of ether oxygens (including phenoxy) is 1. The van der Waals surface area contributed by atoms with Crippen LogP contribution in [0.25, 0.3) is 6.08 Å². The second-order valence-corrected chi connectivity index (χ2v) is 12.1. The number of aryl methyl sites for hydroxylation is 1. The van der Waals surface area contributed by atoms with E-state index in [1.165, 1.54) is 22.8 Å². The lowest BCUT2D eigenvalue weighted by molar-refractivity contribution is -0.384. The first-order chi connectivity index (χ1) is 21.0. The van der Waals surface area contributed by atoms with E-state index in [0.717, 1.165) is 28.8 Å². The van der Waals surface area contributed by atoms with Crippen molar-refractivity contribution in [1.29, 1.82) is 0 Å². The minimum atomic E-state index is -0.802. The average Bonchev–Trinajstić information content (AvgIpc) is 3.26. The Labute approximate surface area is 259 Å². The van der Waals surface area contributed by atoms with Crippen molar-refractivity contribution in [2.45, 2.75) is 36.9 Å². The van der Waals surface area contributed by atoms with Gasteiger partial charge < -0.3 is 14.6 Å². The molecule has 44 heavy (non-hydrogen) atoms. The fraction of sp³-hybridized carbons (Fsp3) is 0.233. The molecule has 0 aliphatic carbocycles. The number of nitrogens with one attached hydrogen (secondary N) is 1. The first kappa shape index (κ1) is 30.6. The third-order valence-electron chi connectivity index (χ3n) is 6.79. The van der Waals surface area contributed by atoms with Gasteiger partial charge in [-0.1, -0.05) is 35.2 Å². The number of benzene rings is 2. The minimum absolute atomic E-state index is 0.153.